The van der Waals surface area contributed by atoms with Gasteiger partial charge in [-0.1, -0.05) is 0 Å². The maximum absolute atomic E-state index is 2.27. The largest absolute Gasteiger partial charge is 2.00 e. The van der Waals surface area contributed by atoms with E-state index in [1.54, 1.807) is 45.0 Å². The van der Waals surface area contributed by atoms with Gasteiger partial charge in [-0.2, -0.15) is 0 Å². The second-order valence-corrected chi connectivity index (χ2v) is 7.89. The molecule has 0 aliphatic carbocycles. The zero-order valence-electron chi connectivity index (χ0n) is 14.1. The van der Waals surface area contributed by atoms with Crippen LogP contribution in [0.15, 0.2) is 0 Å². The van der Waals surface area contributed by atoms with Crippen molar-refractivity contribution in [3.8, 4) is 0 Å². The van der Waals surface area contributed by atoms with E-state index in [4.69, 9.17) is 0 Å². The molecular formula is C16H34S3Sn2. The summed E-state index contributed by atoms with van der Waals surface area (Å²) in [5, 5.41) is 0. The normalized spacial score (nSPS) is 8.67. The molecule has 0 fully saturated rings. The van der Waals surface area contributed by atoms with E-state index in [9.17, 15) is 0 Å². The Kier molecular flexibility index (Phi) is 63.6. The number of hydrogen-bond acceptors (Lipinski definition) is 0. The first-order chi connectivity index (χ1) is 8.83. The minimum atomic E-state index is 0. The first kappa shape index (κ1) is 34.9. The molecule has 0 atom stereocenters. The average molecular weight is 560 g/mol. The average Bonchev–Trinajstić information content (AvgIpc) is 2.39. The molecule has 0 heterocycles. The summed E-state index contributed by atoms with van der Waals surface area (Å²) >= 11 is 3.42. The number of hydrogen-bond donors (Lipinski definition) is 0. The van der Waals surface area contributed by atoms with Crippen molar-refractivity contribution >= 4 is 85.5 Å². The summed E-state index contributed by atoms with van der Waals surface area (Å²) in [7, 11) is 0. The predicted molar refractivity (Wildman–Crippen MR) is 110 cm³/mol. The van der Waals surface area contributed by atoms with Crippen molar-refractivity contribution in [2.24, 2.45) is 0 Å². The molecule has 0 aliphatic heterocycles. The molecule has 0 unspecified atom stereocenters. The van der Waals surface area contributed by atoms with Crippen molar-refractivity contribution in [2.75, 3.05) is 0 Å². The fourth-order valence-electron chi connectivity index (χ4n) is 1.81. The molecule has 0 nitrogen and oxygen atoms in total. The van der Waals surface area contributed by atoms with Gasteiger partial charge in [-0.15, -0.1) is 0 Å². The summed E-state index contributed by atoms with van der Waals surface area (Å²) in [6.45, 7) is 4.54. The Hall–Kier alpha value is 2.65. The molecule has 0 rings (SSSR count). The molecule has 5 heteroatoms. The smallest absolute Gasteiger partial charge is 2.00 e. The van der Waals surface area contributed by atoms with Gasteiger partial charge in [-0.3, -0.25) is 0 Å². The Morgan fingerprint density at radius 3 is 0.905 bits per heavy atom. The number of rotatable bonds is 12. The van der Waals surface area contributed by atoms with Gasteiger partial charge in [-0.05, 0) is 0 Å². The Bertz CT molecular complexity index is 102. The third-order valence-electron chi connectivity index (χ3n) is 3.06. The van der Waals surface area contributed by atoms with E-state index in [2.05, 4.69) is 13.8 Å². The number of unbranched alkanes of at least 4 members (excludes halogenated alkanes) is 10. The van der Waals surface area contributed by atoms with Crippen LogP contribution < -0.4 is 0 Å². The first-order valence-corrected chi connectivity index (χ1v) is 12.2. The van der Waals surface area contributed by atoms with E-state index in [1.165, 1.54) is 85.9 Å². The topological polar surface area (TPSA) is 0 Å². The van der Waals surface area contributed by atoms with E-state index < -0.39 is 0 Å². The summed E-state index contributed by atoms with van der Waals surface area (Å²) in [5.74, 6) is 0. The van der Waals surface area contributed by atoms with Gasteiger partial charge < -0.3 is 40.5 Å². The molecule has 0 saturated heterocycles. The van der Waals surface area contributed by atoms with Gasteiger partial charge in [0.25, 0.3) is 0 Å². The van der Waals surface area contributed by atoms with Crippen molar-refractivity contribution in [1.82, 2.24) is 0 Å². The zero-order valence-corrected chi connectivity index (χ0v) is 22.3. The summed E-state index contributed by atoms with van der Waals surface area (Å²) < 4.78 is 2.91. The Balaban J connectivity index is -0.0000000711. The van der Waals surface area contributed by atoms with Crippen LogP contribution in [0.1, 0.15) is 90.9 Å². The van der Waals surface area contributed by atoms with Gasteiger partial charge in [0.1, 0.15) is 0 Å². The molecule has 0 N–H and O–H groups in total. The maximum Gasteiger partial charge on any atom is -2.00 e. The zero-order chi connectivity index (χ0) is 13.9. The van der Waals surface area contributed by atoms with Crippen LogP contribution in [0.3, 0.4) is 0 Å². The van der Waals surface area contributed by atoms with Gasteiger partial charge in [0.05, 0.1) is 0 Å². The fraction of sp³-hybridized carbons (Fsp3) is 1.00. The van der Waals surface area contributed by atoms with E-state index in [0.29, 0.717) is 0 Å². The van der Waals surface area contributed by atoms with Gasteiger partial charge >= 0.3 is 145 Å². The summed E-state index contributed by atoms with van der Waals surface area (Å²) in [5.41, 5.74) is 0. The second kappa shape index (κ2) is 38.3. The minimum Gasteiger partial charge on any atom is -2.00 e. The Morgan fingerprint density at radius 1 is 0.429 bits per heavy atom. The van der Waals surface area contributed by atoms with E-state index in [-0.39, 0.29) is 40.5 Å². The SMILES string of the molecule is CCCCCCC[CH2][Sn+3].CCCCCCC[CH2][Sn+3].[S-2].[S-2].[S-2]. The molecule has 21 heavy (non-hydrogen) atoms. The van der Waals surface area contributed by atoms with Crippen LogP contribution in [0.25, 0.3) is 0 Å². The molecule has 0 aliphatic rings. The molecule has 0 saturated carbocycles. The van der Waals surface area contributed by atoms with Gasteiger partial charge in [0, 0.05) is 0 Å². The van der Waals surface area contributed by atoms with Crippen molar-refractivity contribution in [3.63, 3.8) is 0 Å². The van der Waals surface area contributed by atoms with E-state index in [1.807, 2.05) is 0 Å². The van der Waals surface area contributed by atoms with Crippen LogP contribution in [0.2, 0.25) is 8.87 Å². The van der Waals surface area contributed by atoms with E-state index in [0.717, 1.165) is 0 Å². The van der Waals surface area contributed by atoms with Crippen LogP contribution >= 0.6 is 0 Å². The molecule has 0 spiro atoms. The molecule has 0 aromatic carbocycles. The van der Waals surface area contributed by atoms with E-state index >= 15 is 0 Å². The van der Waals surface area contributed by atoms with Crippen molar-refractivity contribution in [3.05, 3.63) is 0 Å². The van der Waals surface area contributed by atoms with Crippen LogP contribution in [0, 0.1) is 0 Å². The van der Waals surface area contributed by atoms with Crippen LogP contribution in [0.4, 0.5) is 0 Å². The van der Waals surface area contributed by atoms with Crippen molar-refractivity contribution in [2.45, 2.75) is 99.8 Å². The van der Waals surface area contributed by atoms with Crippen LogP contribution in [-0.4, -0.2) is 45.0 Å². The maximum atomic E-state index is 2.27. The van der Waals surface area contributed by atoms with Crippen LogP contribution in [0.5, 0.6) is 0 Å². The van der Waals surface area contributed by atoms with Gasteiger partial charge in [0.15, 0.2) is 0 Å². The summed E-state index contributed by atoms with van der Waals surface area (Å²) in [6.07, 6.45) is 17.4. The molecule has 0 radical (unpaired) electrons. The summed E-state index contributed by atoms with van der Waals surface area (Å²) in [6, 6.07) is 0. The molecular weight excluding hydrogens is 526 g/mol. The molecule has 124 valence electrons. The van der Waals surface area contributed by atoms with Crippen molar-refractivity contribution < 1.29 is 0 Å². The van der Waals surface area contributed by atoms with Crippen molar-refractivity contribution in [1.29, 1.82) is 0 Å². The third-order valence-corrected chi connectivity index (χ3v) is 5.08. The molecule has 0 aromatic rings. The second-order valence-electron chi connectivity index (χ2n) is 5.04. The Labute approximate surface area is 183 Å². The van der Waals surface area contributed by atoms with Crippen LogP contribution in [-0.2, 0) is 40.5 Å². The van der Waals surface area contributed by atoms with Gasteiger partial charge in [0.2, 0.25) is 0 Å². The predicted octanol–water partition coefficient (Wildman–Crippen LogP) is 5.86. The molecule has 0 amide bonds. The Morgan fingerprint density at radius 2 is 0.667 bits per heavy atom. The quantitative estimate of drug-likeness (QED) is 0.208. The molecule has 0 bridgehead atoms. The summed E-state index contributed by atoms with van der Waals surface area (Å²) in [4.78, 5) is 0. The third kappa shape index (κ3) is 45.0. The monoisotopic (exact) mass is 562 g/mol. The standard InChI is InChI=1S/2C8H17.3S.2Sn/c2*1-3-5-7-8-6-4-2;;;;;/h2*1,3-8H2,2H3;;;;;/q;;3*-2;2*+3. The van der Waals surface area contributed by atoms with Gasteiger partial charge in [-0.25, -0.2) is 0 Å². The first-order valence-electron chi connectivity index (χ1n) is 8.12. The molecule has 0 aromatic heterocycles. The minimum absolute atomic E-state index is 0. The fourth-order valence-corrected chi connectivity index (χ4v) is 3.24.